The number of anilines is 9. The lowest BCUT2D eigenvalue weighted by Crippen LogP contribution is -2.48. The highest BCUT2D eigenvalue weighted by atomic mass is 31.2. The molecule has 0 amide bonds. The Balaban J connectivity index is 1.07. The van der Waals surface area contributed by atoms with E-state index in [2.05, 4.69) is 304 Å². The number of hydrogen-bond donors (Lipinski definition) is 0. The van der Waals surface area contributed by atoms with Crippen molar-refractivity contribution in [2.75, 3.05) is 14.7 Å². The highest BCUT2D eigenvalue weighted by molar-refractivity contribution is 7.87. The first-order chi connectivity index (χ1) is 40.8. The minimum atomic E-state index is -3.92. The van der Waals surface area contributed by atoms with E-state index in [-0.39, 0.29) is 0 Å². The second-order valence-corrected chi connectivity index (χ2v) is 25.3. The van der Waals surface area contributed by atoms with Crippen molar-refractivity contribution in [3.05, 3.63) is 271 Å². The molecule has 3 aliphatic heterocycles. The van der Waals surface area contributed by atoms with Gasteiger partial charge in [0.25, 0.3) is 0 Å². The van der Waals surface area contributed by atoms with E-state index in [9.17, 15) is 0 Å². The van der Waals surface area contributed by atoms with Crippen LogP contribution in [0.1, 0.15) is 16.7 Å². The van der Waals surface area contributed by atoms with Crippen LogP contribution in [0.3, 0.4) is 0 Å². The van der Waals surface area contributed by atoms with Crippen LogP contribution < -0.4 is 30.6 Å². The molecule has 0 bridgehead atoms. The average molecular weight is 1080 g/mol. The molecule has 0 fully saturated rings. The topological polar surface area (TPSA) is 41.6 Å². The Morgan fingerprint density at radius 1 is 0.241 bits per heavy atom. The molecule has 392 valence electrons. The molecule has 6 heterocycles. The molecule has 0 radical (unpaired) electrons. The molecule has 0 unspecified atom stereocenters. The number of benzene rings is 12. The normalized spacial score (nSPS) is 13.8. The summed E-state index contributed by atoms with van der Waals surface area (Å²) in [6, 6.07) is 93.1. The predicted octanol–water partition coefficient (Wildman–Crippen LogP) is 18.9. The molecular formula is C75H51N6OP. The Kier molecular flexibility index (Phi) is 9.43. The van der Waals surface area contributed by atoms with Gasteiger partial charge in [-0.05, 0) is 130 Å². The summed E-state index contributed by atoms with van der Waals surface area (Å²) in [5, 5.41) is 9.51. The monoisotopic (exact) mass is 1080 g/mol. The molecule has 7 nitrogen and oxygen atoms in total. The lowest BCUT2D eigenvalue weighted by Gasteiger charge is -2.50. The van der Waals surface area contributed by atoms with Crippen LogP contribution >= 0.6 is 7.14 Å². The summed E-state index contributed by atoms with van der Waals surface area (Å²) in [6.07, 6.45) is 0. The van der Waals surface area contributed by atoms with Crippen molar-refractivity contribution in [2.45, 2.75) is 20.8 Å². The zero-order valence-corrected chi connectivity index (χ0v) is 46.7. The van der Waals surface area contributed by atoms with Gasteiger partial charge in [0.05, 0.1) is 100 Å². The maximum absolute atomic E-state index is 18.9. The lowest BCUT2D eigenvalue weighted by atomic mass is 10.0. The molecule has 83 heavy (non-hydrogen) atoms. The van der Waals surface area contributed by atoms with Gasteiger partial charge in [-0.2, -0.15) is 0 Å². The fourth-order valence-corrected chi connectivity index (χ4v) is 18.0. The fraction of sp³-hybridized carbons (Fsp3) is 0.0400. The molecule has 3 aromatic heterocycles. The van der Waals surface area contributed by atoms with Gasteiger partial charge >= 0.3 is 0 Å². The van der Waals surface area contributed by atoms with Crippen molar-refractivity contribution in [3.63, 3.8) is 0 Å². The quantitative estimate of drug-likeness (QED) is 0.156. The van der Waals surface area contributed by atoms with E-state index in [4.69, 9.17) is 0 Å². The zero-order chi connectivity index (χ0) is 55.0. The summed E-state index contributed by atoms with van der Waals surface area (Å²) in [4.78, 5) is 7.31. The number of rotatable bonds is 6. The Labute approximate surface area is 479 Å². The van der Waals surface area contributed by atoms with Crippen LogP contribution in [-0.4, -0.2) is 13.7 Å². The van der Waals surface area contributed by atoms with Crippen molar-refractivity contribution in [3.8, 4) is 17.1 Å². The van der Waals surface area contributed by atoms with Crippen LogP contribution in [0.5, 0.6) is 0 Å². The summed E-state index contributed by atoms with van der Waals surface area (Å²) in [7, 11) is -3.92. The van der Waals surface area contributed by atoms with Crippen molar-refractivity contribution in [2.24, 2.45) is 0 Å². The molecule has 3 aliphatic rings. The largest absolute Gasteiger partial charge is 0.309 e. The molecule has 0 N–H and O–H groups in total. The van der Waals surface area contributed by atoms with Crippen LogP contribution in [0.2, 0.25) is 0 Å². The number of aromatic nitrogens is 3. The average Bonchev–Trinajstić information content (AvgIpc) is 1.72. The van der Waals surface area contributed by atoms with Crippen LogP contribution in [-0.2, 0) is 4.57 Å². The van der Waals surface area contributed by atoms with E-state index in [0.717, 1.165) is 134 Å². The SMILES string of the molecule is Cc1ccc(N2c3cc(-n4c5ccccc5c5ccccc54)cc4c3P3(=O)c5c2cc(-n2c6ccccc6c6ccccc62)cc5N(c2ccc(C)cc2)c2cc(-n5c6ccccc6c6ccccc65)cc(c23)N4c2ccc(C)cc2)cc1. The van der Waals surface area contributed by atoms with Gasteiger partial charge in [-0.3, -0.25) is 0 Å². The minimum absolute atomic E-state index is 0.823. The first-order valence-corrected chi connectivity index (χ1v) is 30.2. The maximum atomic E-state index is 18.9. The van der Waals surface area contributed by atoms with Crippen LogP contribution in [0.15, 0.2) is 255 Å². The molecule has 0 saturated heterocycles. The van der Waals surface area contributed by atoms with Crippen LogP contribution in [0, 0.1) is 20.8 Å². The summed E-state index contributed by atoms with van der Waals surface area (Å²) in [5.74, 6) is 0. The molecule has 0 spiro atoms. The molecular weight excluding hydrogens is 1030 g/mol. The Bertz CT molecular complexity index is 4590. The highest BCUT2D eigenvalue weighted by Crippen LogP contribution is 2.68. The Morgan fingerprint density at radius 3 is 0.639 bits per heavy atom. The Morgan fingerprint density at radius 2 is 0.434 bits per heavy atom. The van der Waals surface area contributed by atoms with E-state index in [1.807, 2.05) is 0 Å². The molecule has 0 atom stereocenters. The lowest BCUT2D eigenvalue weighted by molar-refractivity contribution is 0.592. The second-order valence-electron chi connectivity index (χ2n) is 22.7. The predicted molar refractivity (Wildman–Crippen MR) is 348 cm³/mol. The summed E-state index contributed by atoms with van der Waals surface area (Å²) < 4.78 is 26.1. The molecule has 12 aromatic carbocycles. The van der Waals surface area contributed by atoms with Gasteiger partial charge in [-0.1, -0.05) is 162 Å². The fourth-order valence-electron chi connectivity index (χ4n) is 14.4. The van der Waals surface area contributed by atoms with E-state index >= 15 is 4.57 Å². The van der Waals surface area contributed by atoms with Gasteiger partial charge in [0.1, 0.15) is 0 Å². The summed E-state index contributed by atoms with van der Waals surface area (Å²) in [5.41, 5.74) is 21.2. The first-order valence-electron chi connectivity index (χ1n) is 28.5. The van der Waals surface area contributed by atoms with Gasteiger partial charge in [0.15, 0.2) is 7.14 Å². The molecule has 15 aromatic rings. The zero-order valence-electron chi connectivity index (χ0n) is 45.8. The van der Waals surface area contributed by atoms with Crippen molar-refractivity contribution >= 4 is 140 Å². The number of fused-ring (bicyclic) bond motifs is 9. The van der Waals surface area contributed by atoms with Crippen molar-refractivity contribution in [1.82, 2.24) is 13.7 Å². The summed E-state index contributed by atoms with van der Waals surface area (Å²) in [6.45, 7) is 6.44. The van der Waals surface area contributed by atoms with Crippen molar-refractivity contribution in [1.29, 1.82) is 0 Å². The van der Waals surface area contributed by atoms with E-state index < -0.39 is 7.14 Å². The van der Waals surface area contributed by atoms with Gasteiger partial charge < -0.3 is 33.0 Å². The minimum Gasteiger partial charge on any atom is -0.309 e. The number of aryl methyl sites for hydroxylation is 3. The second kappa shape index (κ2) is 16.9. The Hall–Kier alpha value is -10.3. The van der Waals surface area contributed by atoms with E-state index in [1.54, 1.807) is 0 Å². The smallest absolute Gasteiger partial charge is 0.183 e. The van der Waals surface area contributed by atoms with Crippen LogP contribution in [0.25, 0.3) is 82.5 Å². The third-order valence-corrected chi connectivity index (χ3v) is 21.2. The summed E-state index contributed by atoms with van der Waals surface area (Å²) >= 11 is 0. The molecule has 0 saturated carbocycles. The molecule has 0 aliphatic carbocycles. The van der Waals surface area contributed by atoms with E-state index in [1.165, 1.54) is 32.3 Å². The molecule has 8 heteroatoms. The third-order valence-electron chi connectivity index (χ3n) is 17.9. The van der Waals surface area contributed by atoms with Gasteiger partial charge in [-0.15, -0.1) is 0 Å². The van der Waals surface area contributed by atoms with Gasteiger partial charge in [-0.25, -0.2) is 0 Å². The number of para-hydroxylation sites is 6. The standard InChI is InChI=1S/C75H51N6OP/c1-46-28-34-49(35-29-46)76-67-40-52(79-61-22-10-4-16-55(61)56-17-5-11-23-62(56)79)42-69-73(67)83(82)74-68(76)41-53(80-63-24-12-6-18-57(63)58-19-7-13-25-64(58)80)43-70(74)78(51-38-32-48(3)33-39-51)72-45-54(44-71(75(72)83)77(69)50-36-30-47(2)31-37-50)81-65-26-14-8-20-59(65)60-21-9-15-27-66(60)81/h4-45H,1-3H3. The maximum Gasteiger partial charge on any atom is 0.183 e. The van der Waals surface area contributed by atoms with Crippen molar-refractivity contribution < 1.29 is 4.57 Å². The number of nitrogens with zero attached hydrogens (tertiary/aromatic N) is 6. The molecule has 18 rings (SSSR count). The third kappa shape index (κ3) is 6.26. The number of hydrogen-bond acceptors (Lipinski definition) is 4. The van der Waals surface area contributed by atoms with Gasteiger partial charge in [0, 0.05) is 49.4 Å². The first kappa shape index (κ1) is 46.4. The highest BCUT2D eigenvalue weighted by Gasteiger charge is 2.55. The van der Waals surface area contributed by atoms with Crippen LogP contribution in [0.4, 0.5) is 51.2 Å². The van der Waals surface area contributed by atoms with Gasteiger partial charge in [0.2, 0.25) is 0 Å². The van der Waals surface area contributed by atoms with E-state index in [0.29, 0.717) is 0 Å².